The predicted octanol–water partition coefficient (Wildman–Crippen LogP) is 0.637. The van der Waals surface area contributed by atoms with Gasteiger partial charge in [0.25, 0.3) is 5.69 Å². The van der Waals surface area contributed by atoms with Crippen LogP contribution in [0.1, 0.15) is 18.4 Å². The third kappa shape index (κ3) is 1.87. The molecule has 0 aliphatic carbocycles. The molecular weight excluding hydrogens is 332 g/mol. The van der Waals surface area contributed by atoms with Gasteiger partial charge in [-0.15, -0.1) is 0 Å². The first-order chi connectivity index (χ1) is 11.4. The van der Waals surface area contributed by atoms with Gasteiger partial charge in [0.1, 0.15) is 0 Å². The summed E-state index contributed by atoms with van der Waals surface area (Å²) in [6.45, 7) is 0.711. The molecule has 2 N–H and O–H groups in total. The molecule has 3 aliphatic heterocycles. The quantitative estimate of drug-likeness (QED) is 0.335. The zero-order valence-electron chi connectivity index (χ0n) is 12.6. The first-order valence-electron chi connectivity index (χ1n) is 7.64. The summed E-state index contributed by atoms with van der Waals surface area (Å²) in [6.07, 6.45) is 1.70. The van der Waals surface area contributed by atoms with Crippen LogP contribution in [-0.4, -0.2) is 34.4 Å². The van der Waals surface area contributed by atoms with Crippen LogP contribution in [0.2, 0.25) is 0 Å². The summed E-state index contributed by atoms with van der Waals surface area (Å²) in [5.41, 5.74) is 0.151. The van der Waals surface area contributed by atoms with Crippen LogP contribution in [0.15, 0.2) is 18.2 Å². The molecule has 1 atom stereocenters. The Labute approximate surface area is 142 Å². The molecule has 1 aromatic carbocycles. The van der Waals surface area contributed by atoms with Gasteiger partial charge in [0.05, 0.1) is 11.0 Å². The third-order valence-electron chi connectivity index (χ3n) is 5.14. The van der Waals surface area contributed by atoms with Crippen LogP contribution < -0.4 is 15.5 Å². The number of carbonyl (C=O) groups is 2. The molecule has 9 heteroatoms. The molecule has 24 heavy (non-hydrogen) atoms. The minimum absolute atomic E-state index is 0.00464. The van der Waals surface area contributed by atoms with E-state index in [1.54, 1.807) is 6.07 Å². The van der Waals surface area contributed by atoms with Gasteiger partial charge >= 0.3 is 0 Å². The number of nitro groups is 1. The Bertz CT molecular complexity index is 789. The summed E-state index contributed by atoms with van der Waals surface area (Å²) >= 11 is 4.90. The van der Waals surface area contributed by atoms with Crippen molar-refractivity contribution in [1.82, 2.24) is 10.6 Å². The van der Waals surface area contributed by atoms with Crippen molar-refractivity contribution >= 4 is 40.5 Å². The molecule has 8 nitrogen and oxygen atoms in total. The number of amides is 2. The van der Waals surface area contributed by atoms with E-state index in [9.17, 15) is 19.7 Å². The summed E-state index contributed by atoms with van der Waals surface area (Å²) in [4.78, 5) is 38.1. The molecule has 1 aromatic rings. The van der Waals surface area contributed by atoms with Crippen molar-refractivity contribution in [2.24, 2.45) is 5.41 Å². The predicted molar refractivity (Wildman–Crippen MR) is 88.5 cm³/mol. The average Bonchev–Trinajstić information content (AvgIpc) is 3.01. The lowest BCUT2D eigenvalue weighted by molar-refractivity contribution is -0.384. The lowest BCUT2D eigenvalue weighted by Gasteiger charge is -2.47. The van der Waals surface area contributed by atoms with Crippen molar-refractivity contribution in [3.8, 4) is 0 Å². The Morgan fingerprint density at radius 1 is 1.29 bits per heavy atom. The van der Waals surface area contributed by atoms with E-state index in [1.807, 2.05) is 4.90 Å². The number of nitrogens with one attached hydrogen (secondary N) is 2. The second-order valence-corrected chi connectivity index (χ2v) is 6.72. The molecule has 0 aromatic heterocycles. The highest BCUT2D eigenvalue weighted by Gasteiger charge is 2.60. The number of carbonyl (C=O) groups excluding carboxylic acids is 2. The number of non-ortho nitro benzene ring substituents is 1. The van der Waals surface area contributed by atoms with Gasteiger partial charge in [-0.1, -0.05) is 0 Å². The molecule has 0 saturated carbocycles. The SMILES string of the molecule is O=C1NC(=S)NC(=O)C12Cc1cc([N+](=O)[O-])ccc1N1CCCC12. The molecule has 3 aliphatic rings. The number of fused-ring (bicyclic) bond motifs is 4. The molecule has 0 bridgehead atoms. The maximum atomic E-state index is 12.7. The largest absolute Gasteiger partial charge is 0.367 e. The number of hydrogen-bond acceptors (Lipinski definition) is 6. The second-order valence-electron chi connectivity index (χ2n) is 6.31. The fraction of sp³-hybridized carbons (Fsp3) is 0.400. The van der Waals surface area contributed by atoms with Crippen LogP contribution in [0.3, 0.4) is 0 Å². The molecule has 3 heterocycles. The molecule has 0 radical (unpaired) electrons. The van der Waals surface area contributed by atoms with Crippen molar-refractivity contribution < 1.29 is 14.5 Å². The van der Waals surface area contributed by atoms with E-state index in [-0.39, 0.29) is 23.3 Å². The van der Waals surface area contributed by atoms with Crippen molar-refractivity contribution in [2.45, 2.75) is 25.3 Å². The van der Waals surface area contributed by atoms with E-state index in [0.717, 1.165) is 12.1 Å². The van der Waals surface area contributed by atoms with Crippen LogP contribution in [0.25, 0.3) is 0 Å². The average molecular weight is 346 g/mol. The zero-order chi connectivity index (χ0) is 17.1. The highest BCUT2D eigenvalue weighted by molar-refractivity contribution is 7.80. The molecule has 124 valence electrons. The molecular formula is C15H14N4O4S. The Morgan fingerprint density at radius 2 is 2.00 bits per heavy atom. The topological polar surface area (TPSA) is 105 Å². The number of nitrogens with zero attached hydrogens (tertiary/aromatic N) is 2. The summed E-state index contributed by atoms with van der Waals surface area (Å²) < 4.78 is 0. The van der Waals surface area contributed by atoms with Crippen LogP contribution in [0, 0.1) is 15.5 Å². The summed E-state index contributed by atoms with van der Waals surface area (Å²) in [5.74, 6) is -0.851. The Hall–Kier alpha value is -2.55. The van der Waals surface area contributed by atoms with Gasteiger partial charge in [0.2, 0.25) is 11.8 Å². The lowest BCUT2D eigenvalue weighted by Crippen LogP contribution is -2.70. The van der Waals surface area contributed by atoms with E-state index in [1.165, 1.54) is 12.1 Å². The van der Waals surface area contributed by atoms with Crippen LogP contribution >= 0.6 is 12.2 Å². The fourth-order valence-corrected chi connectivity index (χ4v) is 4.31. The monoisotopic (exact) mass is 346 g/mol. The third-order valence-corrected chi connectivity index (χ3v) is 5.34. The van der Waals surface area contributed by atoms with Crippen LogP contribution in [0.4, 0.5) is 11.4 Å². The van der Waals surface area contributed by atoms with Gasteiger partial charge in [-0.25, -0.2) is 0 Å². The summed E-state index contributed by atoms with van der Waals surface area (Å²) in [6, 6.07) is 4.36. The summed E-state index contributed by atoms with van der Waals surface area (Å²) in [7, 11) is 0. The van der Waals surface area contributed by atoms with E-state index < -0.39 is 22.2 Å². The Balaban J connectivity index is 1.87. The number of benzene rings is 1. The molecule has 2 saturated heterocycles. The van der Waals surface area contributed by atoms with Gasteiger partial charge in [0, 0.05) is 30.8 Å². The molecule has 4 rings (SSSR count). The maximum absolute atomic E-state index is 12.7. The Morgan fingerprint density at radius 3 is 2.67 bits per heavy atom. The zero-order valence-corrected chi connectivity index (χ0v) is 13.4. The highest BCUT2D eigenvalue weighted by atomic mass is 32.1. The first-order valence-corrected chi connectivity index (χ1v) is 8.05. The number of hydrogen-bond donors (Lipinski definition) is 2. The van der Waals surface area contributed by atoms with Crippen LogP contribution in [-0.2, 0) is 16.0 Å². The van der Waals surface area contributed by atoms with E-state index in [2.05, 4.69) is 10.6 Å². The van der Waals surface area contributed by atoms with Crippen LogP contribution in [0.5, 0.6) is 0 Å². The fourth-order valence-electron chi connectivity index (χ4n) is 4.12. The van der Waals surface area contributed by atoms with Crippen molar-refractivity contribution in [3.63, 3.8) is 0 Å². The van der Waals surface area contributed by atoms with Gasteiger partial charge in [-0.05, 0) is 36.7 Å². The smallest absolute Gasteiger partial charge is 0.269 e. The normalized spacial score (nSPS) is 24.2. The van der Waals surface area contributed by atoms with E-state index in [0.29, 0.717) is 18.5 Å². The van der Waals surface area contributed by atoms with Crippen molar-refractivity contribution in [1.29, 1.82) is 0 Å². The second kappa shape index (κ2) is 4.97. The van der Waals surface area contributed by atoms with Crippen molar-refractivity contribution in [3.05, 3.63) is 33.9 Å². The summed E-state index contributed by atoms with van der Waals surface area (Å²) in [5, 5.41) is 16.2. The van der Waals surface area contributed by atoms with Crippen molar-refractivity contribution in [2.75, 3.05) is 11.4 Å². The van der Waals surface area contributed by atoms with Gasteiger partial charge < -0.3 is 15.5 Å². The Kier molecular flexibility index (Phi) is 3.11. The highest BCUT2D eigenvalue weighted by Crippen LogP contribution is 2.47. The number of nitro benzene ring substituents is 1. The van der Waals surface area contributed by atoms with E-state index >= 15 is 0 Å². The van der Waals surface area contributed by atoms with E-state index in [4.69, 9.17) is 12.2 Å². The lowest BCUT2D eigenvalue weighted by atomic mass is 9.69. The minimum Gasteiger partial charge on any atom is -0.367 e. The maximum Gasteiger partial charge on any atom is 0.269 e. The number of anilines is 1. The minimum atomic E-state index is -1.30. The number of rotatable bonds is 1. The number of thiocarbonyl (C=S) groups is 1. The molecule has 2 fully saturated rings. The first kappa shape index (κ1) is 15.0. The molecule has 2 amide bonds. The molecule has 1 spiro atoms. The molecule has 1 unspecified atom stereocenters. The standard InChI is InChI=1S/C15H14N4O4S/c20-12-15(13(21)17-14(24)16-12)7-8-6-9(19(22)23)3-4-10(8)18-5-1-2-11(15)18/h3-4,6,11H,1-2,5,7H2,(H2,16,17,20,21,24). The van der Waals surface area contributed by atoms with Gasteiger partial charge in [0.15, 0.2) is 10.5 Å². The van der Waals surface area contributed by atoms with Gasteiger partial charge in [-0.2, -0.15) is 0 Å². The van der Waals surface area contributed by atoms with Gasteiger partial charge in [-0.3, -0.25) is 19.7 Å².